The number of hydrogen-bond donors (Lipinski definition) is 0. The van der Waals surface area contributed by atoms with Crippen LogP contribution in [0.5, 0.6) is 0 Å². The van der Waals surface area contributed by atoms with E-state index in [1.807, 2.05) is 11.3 Å². The highest BCUT2D eigenvalue weighted by Crippen LogP contribution is 2.42. The SMILES string of the molecule is C1=Cc2ccc3ccccc3c2/C(=C/c2cccc(N(c3ccc(-c4ccc5ccc6ccccc6c5c4)cc3)c3ccc4c(c3)sc3ccccc34)c2)C1. The van der Waals surface area contributed by atoms with Crippen LogP contribution in [0.15, 0.2) is 188 Å². The number of fused-ring (bicyclic) bond motifs is 9. The van der Waals surface area contributed by atoms with Crippen LogP contribution in [0.2, 0.25) is 0 Å². The lowest BCUT2D eigenvalue weighted by Gasteiger charge is -2.26. The second-order valence-electron chi connectivity index (χ2n) is 14.5. The van der Waals surface area contributed by atoms with Crippen molar-refractivity contribution in [3.8, 4) is 11.1 Å². The van der Waals surface area contributed by atoms with Crippen molar-refractivity contribution < 1.29 is 0 Å². The summed E-state index contributed by atoms with van der Waals surface area (Å²) in [5, 5.41) is 10.3. The molecule has 11 rings (SSSR count). The molecule has 1 nitrogen and oxygen atoms in total. The molecule has 0 bridgehead atoms. The van der Waals surface area contributed by atoms with Gasteiger partial charge in [0.05, 0.1) is 0 Å². The van der Waals surface area contributed by atoms with Crippen LogP contribution in [0.4, 0.5) is 17.1 Å². The fourth-order valence-corrected chi connectivity index (χ4v) is 9.71. The maximum Gasteiger partial charge on any atom is 0.0476 e. The van der Waals surface area contributed by atoms with E-state index in [0.717, 1.165) is 23.5 Å². The quantitative estimate of drug-likeness (QED) is 0.160. The summed E-state index contributed by atoms with van der Waals surface area (Å²) in [4.78, 5) is 2.41. The first-order chi connectivity index (χ1) is 27.2. The van der Waals surface area contributed by atoms with Crippen LogP contribution < -0.4 is 4.90 Å². The number of thiophene rings is 1. The highest BCUT2D eigenvalue weighted by molar-refractivity contribution is 7.25. The smallest absolute Gasteiger partial charge is 0.0476 e. The number of hydrogen-bond acceptors (Lipinski definition) is 2. The molecule has 55 heavy (non-hydrogen) atoms. The van der Waals surface area contributed by atoms with Crippen LogP contribution in [-0.2, 0) is 0 Å². The molecule has 2 heteroatoms. The zero-order valence-corrected chi connectivity index (χ0v) is 30.9. The molecule has 0 atom stereocenters. The van der Waals surface area contributed by atoms with Gasteiger partial charge in [-0.15, -0.1) is 11.3 Å². The van der Waals surface area contributed by atoms with E-state index >= 15 is 0 Å². The molecule has 0 saturated heterocycles. The van der Waals surface area contributed by atoms with Gasteiger partial charge in [0.1, 0.15) is 0 Å². The Kier molecular flexibility index (Phi) is 7.50. The van der Waals surface area contributed by atoms with E-state index in [1.54, 1.807) is 0 Å². The summed E-state index contributed by atoms with van der Waals surface area (Å²) in [7, 11) is 0. The summed E-state index contributed by atoms with van der Waals surface area (Å²) in [5.74, 6) is 0. The highest BCUT2D eigenvalue weighted by Gasteiger charge is 2.17. The van der Waals surface area contributed by atoms with Crippen LogP contribution in [0.1, 0.15) is 23.1 Å². The highest BCUT2D eigenvalue weighted by atomic mass is 32.1. The summed E-state index contributed by atoms with van der Waals surface area (Å²) in [5.41, 5.74) is 11.0. The van der Waals surface area contributed by atoms with Gasteiger partial charge in [0.2, 0.25) is 0 Å². The summed E-state index contributed by atoms with van der Waals surface area (Å²) >= 11 is 1.86. The van der Waals surface area contributed by atoms with Crippen molar-refractivity contribution in [1.82, 2.24) is 0 Å². The van der Waals surface area contributed by atoms with Crippen molar-refractivity contribution in [3.63, 3.8) is 0 Å². The van der Waals surface area contributed by atoms with Crippen LogP contribution in [-0.4, -0.2) is 0 Å². The summed E-state index contributed by atoms with van der Waals surface area (Å²) in [6.45, 7) is 0. The molecule has 0 amide bonds. The number of rotatable bonds is 5. The zero-order chi connectivity index (χ0) is 36.3. The average molecular weight is 718 g/mol. The van der Waals surface area contributed by atoms with Crippen molar-refractivity contribution in [3.05, 3.63) is 205 Å². The van der Waals surface area contributed by atoms with E-state index in [1.165, 1.54) is 85.9 Å². The monoisotopic (exact) mass is 717 g/mol. The Hall–Kier alpha value is -6.74. The van der Waals surface area contributed by atoms with Crippen LogP contribution in [0.25, 0.3) is 81.3 Å². The summed E-state index contributed by atoms with van der Waals surface area (Å²) in [6, 6.07) is 67.0. The Morgan fingerprint density at radius 1 is 0.436 bits per heavy atom. The molecule has 0 aliphatic heterocycles. The van der Waals surface area contributed by atoms with E-state index in [4.69, 9.17) is 0 Å². The third-order valence-corrected chi connectivity index (χ3v) is 12.3. The Morgan fingerprint density at radius 2 is 1.09 bits per heavy atom. The van der Waals surface area contributed by atoms with Crippen molar-refractivity contribution in [2.75, 3.05) is 4.90 Å². The van der Waals surface area contributed by atoms with Gasteiger partial charge in [-0.2, -0.15) is 0 Å². The zero-order valence-electron chi connectivity index (χ0n) is 30.1. The molecule has 1 aliphatic carbocycles. The number of anilines is 3. The summed E-state index contributed by atoms with van der Waals surface area (Å²) in [6.07, 6.45) is 7.85. The average Bonchev–Trinajstić information content (AvgIpc) is 3.62. The largest absolute Gasteiger partial charge is 0.310 e. The Balaban J connectivity index is 1.03. The predicted molar refractivity (Wildman–Crippen MR) is 240 cm³/mol. The first kappa shape index (κ1) is 31.8. The standard InChI is InChI=1S/C53H35NS/c1-3-15-46-37(10-1)19-20-39-22-24-41(33-50(39)46)36-25-27-43(28-26-36)54(45-29-30-49-48-17-5-6-18-51(48)55-52(49)34-45)44-14-7-9-35(32-44)31-42-13-8-12-40-23-21-38-11-2-4-16-47(38)53(40)42/h1-12,14-34H,13H2/b42-31+. The van der Waals surface area contributed by atoms with Crippen LogP contribution >= 0.6 is 11.3 Å². The van der Waals surface area contributed by atoms with Gasteiger partial charge in [0.25, 0.3) is 0 Å². The van der Waals surface area contributed by atoms with Crippen molar-refractivity contribution >= 4 is 98.6 Å². The van der Waals surface area contributed by atoms with E-state index < -0.39 is 0 Å². The van der Waals surface area contributed by atoms with E-state index in [2.05, 4.69) is 205 Å². The molecule has 0 radical (unpaired) electrons. The lowest BCUT2D eigenvalue weighted by Crippen LogP contribution is -2.10. The van der Waals surface area contributed by atoms with E-state index in [9.17, 15) is 0 Å². The fourth-order valence-electron chi connectivity index (χ4n) is 8.57. The minimum atomic E-state index is 0.906. The van der Waals surface area contributed by atoms with Crippen LogP contribution in [0, 0.1) is 0 Å². The molecule has 0 N–H and O–H groups in total. The molecule has 258 valence electrons. The molecule has 9 aromatic carbocycles. The van der Waals surface area contributed by atoms with Gasteiger partial charge in [-0.05, 0) is 121 Å². The van der Waals surface area contributed by atoms with Gasteiger partial charge in [0.15, 0.2) is 0 Å². The van der Waals surface area contributed by atoms with E-state index in [-0.39, 0.29) is 0 Å². The second kappa shape index (κ2) is 13.0. The topological polar surface area (TPSA) is 3.24 Å². The Bertz CT molecular complexity index is 3180. The molecule has 0 saturated carbocycles. The van der Waals surface area contributed by atoms with Gasteiger partial charge in [-0.25, -0.2) is 0 Å². The third-order valence-electron chi connectivity index (χ3n) is 11.2. The first-order valence-electron chi connectivity index (χ1n) is 19.0. The van der Waals surface area contributed by atoms with Gasteiger partial charge in [-0.3, -0.25) is 0 Å². The fraction of sp³-hybridized carbons (Fsp3) is 0.0189. The maximum absolute atomic E-state index is 2.41. The predicted octanol–water partition coefficient (Wildman–Crippen LogP) is 15.6. The van der Waals surface area contributed by atoms with Crippen molar-refractivity contribution in [1.29, 1.82) is 0 Å². The Labute approximate surface area is 324 Å². The van der Waals surface area contributed by atoms with E-state index in [0.29, 0.717) is 0 Å². The lowest BCUT2D eigenvalue weighted by molar-refractivity contribution is 1.29. The van der Waals surface area contributed by atoms with Gasteiger partial charge in [0, 0.05) is 37.2 Å². The lowest BCUT2D eigenvalue weighted by atomic mass is 9.87. The molecule has 0 spiro atoms. The van der Waals surface area contributed by atoms with Crippen molar-refractivity contribution in [2.24, 2.45) is 0 Å². The second-order valence-corrected chi connectivity index (χ2v) is 15.6. The molecule has 1 aromatic heterocycles. The molecule has 0 fully saturated rings. The molecule has 1 heterocycles. The van der Waals surface area contributed by atoms with Crippen LogP contribution in [0.3, 0.4) is 0 Å². The number of benzene rings is 9. The minimum absolute atomic E-state index is 0.906. The Morgan fingerprint density at radius 3 is 1.96 bits per heavy atom. The summed E-state index contributed by atoms with van der Waals surface area (Å²) < 4.78 is 2.61. The van der Waals surface area contributed by atoms with Crippen molar-refractivity contribution in [2.45, 2.75) is 6.42 Å². The van der Waals surface area contributed by atoms with Gasteiger partial charge in [-0.1, -0.05) is 152 Å². The minimum Gasteiger partial charge on any atom is -0.310 e. The maximum atomic E-state index is 2.41. The molecule has 10 aromatic rings. The molecule has 0 unspecified atom stereocenters. The number of nitrogens with zero attached hydrogens (tertiary/aromatic N) is 1. The molecular weight excluding hydrogens is 683 g/mol. The molecule has 1 aliphatic rings. The van der Waals surface area contributed by atoms with Gasteiger partial charge >= 0.3 is 0 Å². The third kappa shape index (κ3) is 5.53. The first-order valence-corrected chi connectivity index (χ1v) is 19.8. The number of allylic oxidation sites excluding steroid dienone is 2. The molecular formula is C53H35NS. The normalized spacial score (nSPS) is 13.3. The van der Waals surface area contributed by atoms with Gasteiger partial charge < -0.3 is 4.90 Å².